The summed E-state index contributed by atoms with van der Waals surface area (Å²) in [6.07, 6.45) is 3.40. The van der Waals surface area contributed by atoms with Gasteiger partial charge in [-0.1, -0.05) is 0 Å². The number of rotatable bonds is 6. The zero-order chi connectivity index (χ0) is 21.0. The second-order valence-corrected chi connectivity index (χ2v) is 6.70. The van der Waals surface area contributed by atoms with Crippen LogP contribution in [0, 0.1) is 0 Å². The monoisotopic (exact) mass is 401 g/mol. The molecule has 2 fully saturated rings. The van der Waals surface area contributed by atoms with Gasteiger partial charge >= 0.3 is 11.9 Å². The lowest BCUT2D eigenvalue weighted by Crippen LogP contribution is -2.27. The van der Waals surface area contributed by atoms with Crippen molar-refractivity contribution >= 4 is 40.8 Å². The van der Waals surface area contributed by atoms with E-state index in [1.165, 1.54) is 14.2 Å². The fourth-order valence-corrected chi connectivity index (χ4v) is 3.42. The Morgan fingerprint density at radius 1 is 1.00 bits per heavy atom. The number of nitrogens with one attached hydrogen (secondary N) is 1. The number of nitrogens with zero attached hydrogens (tertiary/aromatic N) is 2. The van der Waals surface area contributed by atoms with Crippen LogP contribution in [0.5, 0.6) is 0 Å². The number of methoxy groups -OCH3 is 2. The quantitative estimate of drug-likeness (QED) is 0.570. The Morgan fingerprint density at radius 2 is 1.66 bits per heavy atom. The largest absolute Gasteiger partial charge is 0.466 e. The van der Waals surface area contributed by atoms with Crippen LogP contribution in [0.25, 0.3) is 0 Å². The Hall–Kier alpha value is -3.36. The molecular formula is C20H23N3O6. The molecule has 2 heterocycles. The van der Waals surface area contributed by atoms with Gasteiger partial charge in [0.15, 0.2) is 0 Å². The molecule has 29 heavy (non-hydrogen) atoms. The molecule has 0 bridgehead atoms. The molecule has 2 aliphatic heterocycles. The van der Waals surface area contributed by atoms with Gasteiger partial charge in [-0.25, -0.2) is 9.59 Å². The fraction of sp³-hybridized carbons (Fsp3) is 0.400. The zero-order valence-electron chi connectivity index (χ0n) is 16.4. The van der Waals surface area contributed by atoms with Crippen LogP contribution in [0.1, 0.15) is 25.7 Å². The molecular weight excluding hydrogens is 378 g/mol. The van der Waals surface area contributed by atoms with Gasteiger partial charge in [0.25, 0.3) is 0 Å². The highest BCUT2D eigenvalue weighted by molar-refractivity contribution is 6.04. The van der Waals surface area contributed by atoms with Crippen molar-refractivity contribution in [3.63, 3.8) is 0 Å². The lowest BCUT2D eigenvalue weighted by molar-refractivity contribution is -0.138. The van der Waals surface area contributed by atoms with E-state index in [0.29, 0.717) is 49.4 Å². The smallest absolute Gasteiger partial charge is 0.354 e. The van der Waals surface area contributed by atoms with E-state index in [1.807, 2.05) is 0 Å². The lowest BCUT2D eigenvalue weighted by Gasteiger charge is -2.24. The van der Waals surface area contributed by atoms with Crippen molar-refractivity contribution in [2.75, 3.05) is 42.4 Å². The SMILES string of the molecule is COC(=O)/C=C(/Nc1ccc(N2CCCC2=O)cc1N1CCCC1=O)C(=O)OC. The van der Waals surface area contributed by atoms with Crippen molar-refractivity contribution < 1.29 is 28.7 Å². The first-order valence-corrected chi connectivity index (χ1v) is 9.34. The molecule has 1 N–H and O–H groups in total. The van der Waals surface area contributed by atoms with Crippen LogP contribution in [0.15, 0.2) is 30.0 Å². The molecule has 0 aromatic heterocycles. The summed E-state index contributed by atoms with van der Waals surface area (Å²) < 4.78 is 9.31. The highest BCUT2D eigenvalue weighted by Crippen LogP contribution is 2.35. The van der Waals surface area contributed by atoms with E-state index >= 15 is 0 Å². The second-order valence-electron chi connectivity index (χ2n) is 6.70. The maximum absolute atomic E-state index is 12.4. The minimum Gasteiger partial charge on any atom is -0.466 e. The molecule has 3 rings (SSSR count). The minimum atomic E-state index is -0.757. The van der Waals surface area contributed by atoms with Crippen molar-refractivity contribution in [2.45, 2.75) is 25.7 Å². The number of carbonyl (C=O) groups is 4. The summed E-state index contributed by atoms with van der Waals surface area (Å²) in [5, 5.41) is 2.88. The number of ether oxygens (including phenoxy) is 2. The fourth-order valence-electron chi connectivity index (χ4n) is 3.42. The van der Waals surface area contributed by atoms with Gasteiger partial charge in [0.2, 0.25) is 11.8 Å². The summed E-state index contributed by atoms with van der Waals surface area (Å²) in [6.45, 7) is 1.15. The first-order chi connectivity index (χ1) is 13.9. The van der Waals surface area contributed by atoms with E-state index in [9.17, 15) is 19.2 Å². The molecule has 0 spiro atoms. The highest BCUT2D eigenvalue weighted by Gasteiger charge is 2.28. The van der Waals surface area contributed by atoms with Crippen molar-refractivity contribution in [2.24, 2.45) is 0 Å². The zero-order valence-corrected chi connectivity index (χ0v) is 16.4. The number of amides is 2. The summed E-state index contributed by atoms with van der Waals surface area (Å²) in [6, 6.07) is 5.17. The summed E-state index contributed by atoms with van der Waals surface area (Å²) in [5.41, 5.74) is 1.53. The molecule has 1 aromatic carbocycles. The molecule has 2 amide bonds. The van der Waals surface area contributed by atoms with E-state index in [-0.39, 0.29) is 17.5 Å². The molecule has 154 valence electrons. The summed E-state index contributed by atoms with van der Waals surface area (Å²) in [4.78, 5) is 51.5. The van der Waals surface area contributed by atoms with Crippen molar-refractivity contribution in [3.8, 4) is 0 Å². The van der Waals surface area contributed by atoms with Gasteiger partial charge in [-0.2, -0.15) is 0 Å². The molecule has 0 saturated carbocycles. The van der Waals surface area contributed by atoms with Gasteiger partial charge in [0.1, 0.15) is 5.70 Å². The first kappa shape index (κ1) is 20.4. The summed E-state index contributed by atoms with van der Waals surface area (Å²) >= 11 is 0. The Bertz CT molecular complexity index is 879. The highest BCUT2D eigenvalue weighted by atomic mass is 16.5. The van der Waals surface area contributed by atoms with Gasteiger partial charge < -0.3 is 24.6 Å². The Balaban J connectivity index is 2.01. The Labute approximate surface area is 168 Å². The van der Waals surface area contributed by atoms with Crippen molar-refractivity contribution in [3.05, 3.63) is 30.0 Å². The molecule has 9 heteroatoms. The maximum atomic E-state index is 12.4. The van der Waals surface area contributed by atoms with Crippen LogP contribution < -0.4 is 15.1 Å². The van der Waals surface area contributed by atoms with Crippen molar-refractivity contribution in [1.29, 1.82) is 0 Å². The number of carbonyl (C=O) groups excluding carboxylic acids is 4. The summed E-state index contributed by atoms with van der Waals surface area (Å²) in [5.74, 6) is -1.50. The van der Waals surface area contributed by atoms with Crippen LogP contribution >= 0.6 is 0 Å². The normalized spacial score (nSPS) is 17.0. The van der Waals surface area contributed by atoms with E-state index in [4.69, 9.17) is 4.74 Å². The average Bonchev–Trinajstić information content (AvgIpc) is 3.35. The molecule has 0 radical (unpaired) electrons. The molecule has 0 unspecified atom stereocenters. The Kier molecular flexibility index (Phi) is 6.16. The number of benzene rings is 1. The van der Waals surface area contributed by atoms with Gasteiger partial charge in [-0.15, -0.1) is 0 Å². The van der Waals surface area contributed by atoms with E-state index in [2.05, 4.69) is 10.1 Å². The predicted octanol–water partition coefficient (Wildman–Crippen LogP) is 1.58. The lowest BCUT2D eigenvalue weighted by atomic mass is 10.2. The van der Waals surface area contributed by atoms with Gasteiger partial charge in [0, 0.05) is 31.6 Å². The maximum Gasteiger partial charge on any atom is 0.354 e. The minimum absolute atomic E-state index is 0.0326. The van der Waals surface area contributed by atoms with E-state index in [0.717, 1.165) is 12.5 Å². The second kappa shape index (κ2) is 8.76. The Morgan fingerprint density at radius 3 is 2.21 bits per heavy atom. The van der Waals surface area contributed by atoms with Crippen molar-refractivity contribution in [1.82, 2.24) is 0 Å². The molecule has 2 aliphatic rings. The van der Waals surface area contributed by atoms with E-state index < -0.39 is 11.9 Å². The third-order valence-corrected chi connectivity index (χ3v) is 4.87. The number of esters is 2. The van der Waals surface area contributed by atoms with Crippen LogP contribution in [0.2, 0.25) is 0 Å². The molecule has 0 atom stereocenters. The summed E-state index contributed by atoms with van der Waals surface area (Å²) in [7, 11) is 2.39. The number of hydrogen-bond acceptors (Lipinski definition) is 7. The molecule has 1 aromatic rings. The predicted molar refractivity (Wildman–Crippen MR) is 105 cm³/mol. The van der Waals surface area contributed by atoms with Crippen LogP contribution in [0.3, 0.4) is 0 Å². The van der Waals surface area contributed by atoms with Crippen LogP contribution in [-0.4, -0.2) is 51.1 Å². The topological polar surface area (TPSA) is 105 Å². The molecule has 0 aliphatic carbocycles. The molecule has 2 saturated heterocycles. The van der Waals surface area contributed by atoms with Gasteiger partial charge in [-0.3, -0.25) is 9.59 Å². The third kappa shape index (κ3) is 4.39. The number of hydrogen-bond donors (Lipinski definition) is 1. The third-order valence-electron chi connectivity index (χ3n) is 4.87. The van der Waals surface area contributed by atoms with E-state index in [1.54, 1.807) is 28.0 Å². The van der Waals surface area contributed by atoms with Crippen LogP contribution in [0.4, 0.5) is 17.1 Å². The first-order valence-electron chi connectivity index (χ1n) is 9.34. The van der Waals surface area contributed by atoms with Gasteiger partial charge in [0.05, 0.1) is 31.7 Å². The van der Waals surface area contributed by atoms with Crippen LogP contribution in [-0.2, 0) is 28.7 Å². The molecule has 9 nitrogen and oxygen atoms in total. The standard InChI is InChI=1S/C20H23N3O6/c1-28-19(26)12-15(20(27)29-2)21-14-8-7-13(22-9-3-5-17(22)24)11-16(14)23-10-4-6-18(23)25/h7-8,11-12,21H,3-6,9-10H2,1-2H3/b15-12+. The van der Waals surface area contributed by atoms with Gasteiger partial charge in [-0.05, 0) is 31.0 Å². The number of anilines is 3. The average molecular weight is 401 g/mol.